The topological polar surface area (TPSA) is 64.3 Å². The molecule has 0 saturated carbocycles. The zero-order valence-corrected chi connectivity index (χ0v) is 12.6. The summed E-state index contributed by atoms with van der Waals surface area (Å²) in [6.45, 7) is 0.711. The van der Waals surface area contributed by atoms with Crippen molar-refractivity contribution < 1.29 is 9.53 Å². The van der Waals surface area contributed by atoms with Gasteiger partial charge in [0.05, 0.1) is 17.1 Å². The summed E-state index contributed by atoms with van der Waals surface area (Å²) in [6.07, 6.45) is 0. The number of nitrogen functional groups attached to an aromatic ring is 1. The Morgan fingerprint density at radius 2 is 1.86 bits per heavy atom. The van der Waals surface area contributed by atoms with Crippen LogP contribution in [0.15, 0.2) is 42.5 Å². The number of anilines is 1. The predicted molar refractivity (Wildman–Crippen MR) is 85.1 cm³/mol. The molecule has 2 aromatic rings. The Labute approximate surface area is 132 Å². The molecule has 0 heterocycles. The summed E-state index contributed by atoms with van der Waals surface area (Å²) in [5.41, 5.74) is 6.63. The minimum Gasteiger partial charge on any atom is -0.492 e. The highest BCUT2D eigenvalue weighted by Gasteiger charge is 2.09. The first-order valence-electron chi connectivity index (χ1n) is 6.28. The van der Waals surface area contributed by atoms with Crippen LogP contribution >= 0.6 is 23.2 Å². The normalized spacial score (nSPS) is 10.2. The molecule has 4 nitrogen and oxygen atoms in total. The molecule has 2 rings (SSSR count). The maximum Gasteiger partial charge on any atom is 0.252 e. The molecular formula is C15H14Cl2N2O2. The molecule has 3 N–H and O–H groups in total. The third-order valence-electron chi connectivity index (χ3n) is 2.71. The third-order valence-corrected chi connectivity index (χ3v) is 3.26. The van der Waals surface area contributed by atoms with E-state index >= 15 is 0 Å². The molecule has 0 atom stereocenters. The van der Waals surface area contributed by atoms with Crippen LogP contribution in [0.4, 0.5) is 5.69 Å². The highest BCUT2D eigenvalue weighted by molar-refractivity contribution is 6.36. The van der Waals surface area contributed by atoms with Crippen molar-refractivity contribution in [2.45, 2.75) is 0 Å². The van der Waals surface area contributed by atoms with E-state index < -0.39 is 0 Å². The molecule has 0 unspecified atom stereocenters. The fourth-order valence-electron chi connectivity index (χ4n) is 1.67. The van der Waals surface area contributed by atoms with Gasteiger partial charge in [0.15, 0.2) is 0 Å². The van der Waals surface area contributed by atoms with Gasteiger partial charge in [0.1, 0.15) is 12.4 Å². The second kappa shape index (κ2) is 7.20. The number of carbonyl (C=O) groups excluding carboxylic acids is 1. The van der Waals surface area contributed by atoms with Gasteiger partial charge >= 0.3 is 0 Å². The maximum atomic E-state index is 11.9. The molecule has 0 aromatic heterocycles. The molecule has 0 bridgehead atoms. The number of hydrogen-bond donors (Lipinski definition) is 2. The van der Waals surface area contributed by atoms with Crippen LogP contribution in [-0.2, 0) is 0 Å². The zero-order chi connectivity index (χ0) is 15.2. The highest BCUT2D eigenvalue weighted by atomic mass is 35.5. The first-order valence-corrected chi connectivity index (χ1v) is 7.03. The van der Waals surface area contributed by atoms with E-state index in [1.54, 1.807) is 36.4 Å². The molecule has 0 fully saturated rings. The van der Waals surface area contributed by atoms with Gasteiger partial charge in [0.25, 0.3) is 5.91 Å². The SMILES string of the molecule is Nc1ccc(OCCNC(=O)c2ccc(Cl)cc2Cl)cc1. The monoisotopic (exact) mass is 324 g/mol. The van der Waals surface area contributed by atoms with Gasteiger partial charge in [-0.25, -0.2) is 0 Å². The van der Waals surface area contributed by atoms with Gasteiger partial charge in [-0.2, -0.15) is 0 Å². The van der Waals surface area contributed by atoms with Crippen molar-refractivity contribution in [3.8, 4) is 5.75 Å². The summed E-state index contributed by atoms with van der Waals surface area (Å²) >= 11 is 11.7. The Morgan fingerprint density at radius 1 is 1.14 bits per heavy atom. The molecule has 2 aromatic carbocycles. The Kier molecular flexibility index (Phi) is 5.31. The molecule has 0 radical (unpaired) electrons. The fourth-order valence-corrected chi connectivity index (χ4v) is 2.16. The number of halogens is 2. The molecule has 0 saturated heterocycles. The average Bonchev–Trinajstić information content (AvgIpc) is 2.45. The first kappa shape index (κ1) is 15.5. The largest absolute Gasteiger partial charge is 0.492 e. The lowest BCUT2D eigenvalue weighted by atomic mass is 10.2. The summed E-state index contributed by atoms with van der Waals surface area (Å²) in [5, 5.41) is 3.53. The molecule has 0 aliphatic carbocycles. The quantitative estimate of drug-likeness (QED) is 0.654. The molecule has 1 amide bonds. The van der Waals surface area contributed by atoms with Gasteiger partial charge < -0.3 is 15.8 Å². The number of hydrogen-bond acceptors (Lipinski definition) is 3. The Balaban J connectivity index is 1.80. The van der Waals surface area contributed by atoms with Gasteiger partial charge in [0, 0.05) is 10.7 Å². The van der Waals surface area contributed by atoms with Crippen molar-refractivity contribution in [2.24, 2.45) is 0 Å². The van der Waals surface area contributed by atoms with Crippen molar-refractivity contribution in [3.63, 3.8) is 0 Å². The van der Waals surface area contributed by atoms with Crippen molar-refractivity contribution in [1.29, 1.82) is 0 Å². The van der Waals surface area contributed by atoms with E-state index in [9.17, 15) is 4.79 Å². The lowest BCUT2D eigenvalue weighted by molar-refractivity contribution is 0.0947. The van der Waals surface area contributed by atoms with Crippen LogP contribution in [-0.4, -0.2) is 19.1 Å². The van der Waals surface area contributed by atoms with Gasteiger partial charge in [-0.15, -0.1) is 0 Å². The lowest BCUT2D eigenvalue weighted by Gasteiger charge is -2.09. The number of nitrogens with one attached hydrogen (secondary N) is 1. The van der Waals surface area contributed by atoms with Gasteiger partial charge in [-0.3, -0.25) is 4.79 Å². The summed E-state index contributed by atoms with van der Waals surface area (Å²) in [6, 6.07) is 11.8. The summed E-state index contributed by atoms with van der Waals surface area (Å²) in [7, 11) is 0. The number of carbonyl (C=O) groups is 1. The van der Waals surface area contributed by atoms with E-state index in [1.807, 2.05) is 0 Å². The second-order valence-electron chi connectivity index (χ2n) is 4.30. The van der Waals surface area contributed by atoms with Crippen molar-refractivity contribution in [1.82, 2.24) is 5.32 Å². The number of ether oxygens (including phenoxy) is 1. The minimum atomic E-state index is -0.266. The van der Waals surface area contributed by atoms with Crippen LogP contribution in [0.5, 0.6) is 5.75 Å². The van der Waals surface area contributed by atoms with E-state index in [0.717, 1.165) is 0 Å². The van der Waals surface area contributed by atoms with E-state index in [0.29, 0.717) is 40.2 Å². The molecule has 6 heteroatoms. The van der Waals surface area contributed by atoms with Gasteiger partial charge in [-0.05, 0) is 42.5 Å². The molecule has 0 aliphatic heterocycles. The molecular weight excluding hydrogens is 311 g/mol. The third kappa shape index (κ3) is 4.55. The van der Waals surface area contributed by atoms with E-state index in [1.165, 1.54) is 6.07 Å². The first-order chi connectivity index (χ1) is 10.1. The summed E-state index contributed by atoms with van der Waals surface area (Å²) in [4.78, 5) is 11.9. The van der Waals surface area contributed by atoms with E-state index in [-0.39, 0.29) is 5.91 Å². The number of amides is 1. The Bertz CT molecular complexity index is 630. The van der Waals surface area contributed by atoms with E-state index in [2.05, 4.69) is 5.32 Å². The average molecular weight is 325 g/mol. The maximum absolute atomic E-state index is 11.9. The standard InChI is InChI=1S/C15H14Cl2N2O2/c16-10-1-6-13(14(17)9-10)15(20)19-7-8-21-12-4-2-11(18)3-5-12/h1-6,9H,7-8,18H2,(H,19,20). The molecule has 110 valence electrons. The number of benzene rings is 2. The van der Waals surface area contributed by atoms with Crippen molar-refractivity contribution in [3.05, 3.63) is 58.1 Å². The van der Waals surface area contributed by atoms with Crippen LogP contribution in [0.25, 0.3) is 0 Å². The van der Waals surface area contributed by atoms with Crippen LogP contribution in [0.3, 0.4) is 0 Å². The lowest BCUT2D eigenvalue weighted by Crippen LogP contribution is -2.28. The Morgan fingerprint density at radius 3 is 2.52 bits per heavy atom. The number of rotatable bonds is 5. The van der Waals surface area contributed by atoms with E-state index in [4.69, 9.17) is 33.7 Å². The predicted octanol–water partition coefficient (Wildman–Crippen LogP) is 3.38. The van der Waals surface area contributed by atoms with Crippen molar-refractivity contribution >= 4 is 34.8 Å². The van der Waals surface area contributed by atoms with Crippen LogP contribution in [0, 0.1) is 0 Å². The summed E-state index contributed by atoms with van der Waals surface area (Å²) in [5.74, 6) is 0.431. The zero-order valence-electron chi connectivity index (χ0n) is 11.1. The van der Waals surface area contributed by atoms with Crippen molar-refractivity contribution in [2.75, 3.05) is 18.9 Å². The van der Waals surface area contributed by atoms with Gasteiger partial charge in [-0.1, -0.05) is 23.2 Å². The Hall–Kier alpha value is -1.91. The van der Waals surface area contributed by atoms with Crippen LogP contribution < -0.4 is 15.8 Å². The smallest absolute Gasteiger partial charge is 0.252 e. The van der Waals surface area contributed by atoms with Crippen LogP contribution in [0.1, 0.15) is 10.4 Å². The fraction of sp³-hybridized carbons (Fsp3) is 0.133. The second-order valence-corrected chi connectivity index (χ2v) is 5.14. The highest BCUT2D eigenvalue weighted by Crippen LogP contribution is 2.20. The molecule has 0 spiro atoms. The number of nitrogens with two attached hydrogens (primary N) is 1. The molecule has 21 heavy (non-hydrogen) atoms. The summed E-state index contributed by atoms with van der Waals surface area (Å²) < 4.78 is 5.47. The molecule has 0 aliphatic rings. The van der Waals surface area contributed by atoms with Gasteiger partial charge in [0.2, 0.25) is 0 Å². The van der Waals surface area contributed by atoms with Crippen LogP contribution in [0.2, 0.25) is 10.0 Å². The minimum absolute atomic E-state index is 0.266.